The number of hydrogen-bond donors (Lipinski definition) is 1. The molecule has 3 aromatic heterocycles. The summed E-state index contributed by atoms with van der Waals surface area (Å²) in [5, 5.41) is 17.4. The number of aromatic nitrogens is 4. The first-order valence-electron chi connectivity index (χ1n) is 11.5. The minimum atomic E-state index is 0.299. The summed E-state index contributed by atoms with van der Waals surface area (Å²) >= 11 is 1.58. The van der Waals surface area contributed by atoms with Gasteiger partial charge in [-0.2, -0.15) is 5.26 Å². The van der Waals surface area contributed by atoms with E-state index < -0.39 is 0 Å². The number of nitriles is 1. The SMILES string of the molecule is Cc1csc(Nc2ccc(-c3c(C#N)c4ccc(Oc5ncccn5)cc4n3C3CCC3)cc2)n1. The lowest BCUT2D eigenvalue weighted by Crippen LogP contribution is -2.17. The van der Waals surface area contributed by atoms with Crippen LogP contribution in [0.4, 0.5) is 10.8 Å². The number of thiazole rings is 1. The van der Waals surface area contributed by atoms with Crippen molar-refractivity contribution in [1.82, 2.24) is 19.5 Å². The van der Waals surface area contributed by atoms with Gasteiger partial charge in [-0.05, 0) is 62.1 Å². The molecule has 1 N–H and O–H groups in total. The van der Waals surface area contributed by atoms with Crippen molar-refractivity contribution in [2.24, 2.45) is 0 Å². The molecule has 1 saturated carbocycles. The second-order valence-electron chi connectivity index (χ2n) is 8.60. The van der Waals surface area contributed by atoms with Crippen molar-refractivity contribution in [1.29, 1.82) is 5.26 Å². The monoisotopic (exact) mass is 478 g/mol. The van der Waals surface area contributed by atoms with Crippen molar-refractivity contribution in [3.63, 3.8) is 0 Å². The molecule has 3 heterocycles. The van der Waals surface area contributed by atoms with Gasteiger partial charge in [0.05, 0.1) is 22.5 Å². The second-order valence-corrected chi connectivity index (χ2v) is 9.46. The van der Waals surface area contributed by atoms with E-state index in [0.29, 0.717) is 23.4 Å². The van der Waals surface area contributed by atoms with Gasteiger partial charge in [0.15, 0.2) is 5.13 Å². The summed E-state index contributed by atoms with van der Waals surface area (Å²) in [5.74, 6) is 0.649. The molecule has 0 radical (unpaired) electrons. The Morgan fingerprint density at radius 3 is 2.57 bits per heavy atom. The number of ether oxygens (including phenoxy) is 1. The minimum absolute atomic E-state index is 0.299. The van der Waals surface area contributed by atoms with Crippen LogP contribution in [0, 0.1) is 18.3 Å². The van der Waals surface area contributed by atoms with E-state index in [0.717, 1.165) is 51.5 Å². The predicted octanol–water partition coefficient (Wildman–Crippen LogP) is 7.00. The van der Waals surface area contributed by atoms with Gasteiger partial charge in [-0.1, -0.05) is 12.1 Å². The molecule has 0 spiro atoms. The quantitative estimate of drug-likeness (QED) is 0.283. The molecule has 172 valence electrons. The maximum Gasteiger partial charge on any atom is 0.321 e. The third-order valence-corrected chi connectivity index (χ3v) is 7.18. The molecule has 6 rings (SSSR count). The number of aryl methyl sites for hydroxylation is 1. The second kappa shape index (κ2) is 8.85. The number of nitrogens with zero attached hydrogens (tertiary/aromatic N) is 5. The van der Waals surface area contributed by atoms with Crippen molar-refractivity contribution in [3.05, 3.63) is 77.6 Å². The molecule has 2 aromatic carbocycles. The summed E-state index contributed by atoms with van der Waals surface area (Å²) in [6.45, 7) is 1.98. The Morgan fingerprint density at radius 1 is 1.11 bits per heavy atom. The predicted molar refractivity (Wildman–Crippen MR) is 137 cm³/mol. The summed E-state index contributed by atoms with van der Waals surface area (Å²) in [4.78, 5) is 12.8. The number of anilines is 2. The fraction of sp³-hybridized carbons (Fsp3) is 0.185. The maximum absolute atomic E-state index is 10.2. The lowest BCUT2D eigenvalue weighted by atomic mass is 9.92. The molecular weight excluding hydrogens is 456 g/mol. The molecule has 1 fully saturated rings. The van der Waals surface area contributed by atoms with E-state index in [-0.39, 0.29) is 0 Å². The highest BCUT2D eigenvalue weighted by Gasteiger charge is 2.28. The summed E-state index contributed by atoms with van der Waals surface area (Å²) in [7, 11) is 0. The van der Waals surface area contributed by atoms with Gasteiger partial charge in [0.25, 0.3) is 0 Å². The van der Waals surface area contributed by atoms with Crippen LogP contribution in [0.25, 0.3) is 22.2 Å². The van der Waals surface area contributed by atoms with Gasteiger partial charge in [0, 0.05) is 41.0 Å². The Hall–Kier alpha value is -4.22. The standard InChI is InChI=1S/C27H22N6OS/c1-17-16-35-27(31-17)32-19-8-6-18(7-9-19)25-23(15-28)22-11-10-21(34-26-29-12-3-13-30-26)14-24(22)33(25)20-4-2-5-20/h3,6-14,16,20H,2,4-5H2,1H3,(H,31,32). The highest BCUT2D eigenvalue weighted by molar-refractivity contribution is 7.13. The zero-order chi connectivity index (χ0) is 23.8. The fourth-order valence-corrected chi connectivity index (χ4v) is 5.17. The van der Waals surface area contributed by atoms with Crippen molar-refractivity contribution < 1.29 is 4.74 Å². The molecular formula is C27H22N6OS. The van der Waals surface area contributed by atoms with Gasteiger partial charge < -0.3 is 14.6 Å². The summed E-state index contributed by atoms with van der Waals surface area (Å²) in [5.41, 5.74) is 5.61. The van der Waals surface area contributed by atoms with Crippen molar-refractivity contribution in [2.75, 3.05) is 5.32 Å². The van der Waals surface area contributed by atoms with Crippen LogP contribution in [-0.4, -0.2) is 19.5 Å². The highest BCUT2D eigenvalue weighted by Crippen LogP contribution is 2.43. The van der Waals surface area contributed by atoms with Crippen LogP contribution in [0.2, 0.25) is 0 Å². The lowest BCUT2D eigenvalue weighted by Gasteiger charge is -2.30. The number of benzene rings is 2. The number of fused-ring (bicyclic) bond motifs is 1. The molecule has 35 heavy (non-hydrogen) atoms. The number of rotatable bonds is 6. The molecule has 0 saturated heterocycles. The maximum atomic E-state index is 10.2. The third kappa shape index (κ3) is 4.00. The third-order valence-electron chi connectivity index (χ3n) is 6.31. The van der Waals surface area contributed by atoms with Gasteiger partial charge >= 0.3 is 6.01 Å². The Labute approximate surface area is 206 Å². The Morgan fingerprint density at radius 2 is 1.91 bits per heavy atom. The van der Waals surface area contributed by atoms with Gasteiger partial charge in [-0.15, -0.1) is 11.3 Å². The van der Waals surface area contributed by atoms with E-state index in [1.807, 2.05) is 42.6 Å². The molecule has 5 aromatic rings. The Bertz CT molecular complexity index is 1540. The smallest absolute Gasteiger partial charge is 0.321 e. The van der Waals surface area contributed by atoms with Gasteiger partial charge in [0.1, 0.15) is 11.8 Å². The van der Waals surface area contributed by atoms with E-state index >= 15 is 0 Å². The normalized spacial score (nSPS) is 13.4. The van der Waals surface area contributed by atoms with Crippen molar-refractivity contribution in [2.45, 2.75) is 32.2 Å². The van der Waals surface area contributed by atoms with Crippen LogP contribution >= 0.6 is 11.3 Å². The van der Waals surface area contributed by atoms with Crippen LogP contribution < -0.4 is 10.1 Å². The Kier molecular flexibility index (Phi) is 5.39. The fourth-order valence-electron chi connectivity index (χ4n) is 4.46. The number of hydrogen-bond acceptors (Lipinski definition) is 7. The summed E-state index contributed by atoms with van der Waals surface area (Å²) in [6.07, 6.45) is 6.68. The minimum Gasteiger partial charge on any atom is -0.424 e. The number of nitrogens with one attached hydrogen (secondary N) is 1. The van der Waals surface area contributed by atoms with Crippen LogP contribution in [0.1, 0.15) is 36.6 Å². The van der Waals surface area contributed by atoms with Gasteiger partial charge in [-0.25, -0.2) is 15.0 Å². The zero-order valence-electron chi connectivity index (χ0n) is 19.1. The van der Waals surface area contributed by atoms with E-state index in [1.54, 1.807) is 29.8 Å². The molecule has 0 amide bonds. The van der Waals surface area contributed by atoms with Crippen LogP contribution in [0.15, 0.2) is 66.3 Å². The zero-order valence-corrected chi connectivity index (χ0v) is 19.9. The first kappa shape index (κ1) is 21.3. The average molecular weight is 479 g/mol. The van der Waals surface area contributed by atoms with E-state index in [1.165, 1.54) is 6.42 Å². The van der Waals surface area contributed by atoms with E-state index in [4.69, 9.17) is 4.74 Å². The largest absolute Gasteiger partial charge is 0.424 e. The molecule has 0 bridgehead atoms. The van der Waals surface area contributed by atoms with Crippen LogP contribution in [-0.2, 0) is 0 Å². The van der Waals surface area contributed by atoms with E-state index in [9.17, 15) is 5.26 Å². The molecule has 8 heteroatoms. The van der Waals surface area contributed by atoms with Crippen molar-refractivity contribution in [3.8, 4) is 29.1 Å². The first-order chi connectivity index (χ1) is 17.2. The Balaban J connectivity index is 1.42. The van der Waals surface area contributed by atoms with Crippen LogP contribution in [0.5, 0.6) is 11.8 Å². The van der Waals surface area contributed by atoms with Crippen molar-refractivity contribution >= 4 is 33.1 Å². The molecule has 0 unspecified atom stereocenters. The van der Waals surface area contributed by atoms with Gasteiger partial charge in [0.2, 0.25) is 0 Å². The molecule has 0 aliphatic heterocycles. The first-order valence-corrected chi connectivity index (χ1v) is 12.4. The van der Waals surface area contributed by atoms with Crippen LogP contribution in [0.3, 0.4) is 0 Å². The molecule has 0 atom stereocenters. The molecule has 1 aliphatic rings. The lowest BCUT2D eigenvalue weighted by molar-refractivity contribution is 0.324. The topological polar surface area (TPSA) is 88.6 Å². The van der Waals surface area contributed by atoms with Gasteiger partial charge in [-0.3, -0.25) is 0 Å². The molecule has 7 nitrogen and oxygen atoms in total. The average Bonchev–Trinajstić information content (AvgIpc) is 3.39. The highest BCUT2D eigenvalue weighted by atomic mass is 32.1. The molecule has 1 aliphatic carbocycles. The summed E-state index contributed by atoms with van der Waals surface area (Å²) < 4.78 is 8.23. The summed E-state index contributed by atoms with van der Waals surface area (Å²) in [6, 6.07) is 18.9. The van der Waals surface area contributed by atoms with E-state index in [2.05, 4.69) is 43.0 Å².